The number of thioether (sulfide) groups is 1. The molecule has 6 rings (SSSR count). The van der Waals surface area contributed by atoms with Crippen molar-refractivity contribution >= 4 is 68.4 Å². The maximum atomic E-state index is 13.6. The van der Waals surface area contributed by atoms with Crippen molar-refractivity contribution in [3.8, 4) is 22.5 Å². The number of ether oxygens (including phenoxy) is 3. The zero-order valence-electron chi connectivity index (χ0n) is 35.2. The standard InChI is InChI=1S/C44H59N7O8S3/c52-32(17-18-40(55)51-29-31-9-1-2-12-34(31)41-42(49-50-48-41)35-13-3-4-14-37(35)51)10-7-21-57-23-25-59-26-24-58-22-8-11-33(53)19-27-61-62-28-20-45-39(54)16-6-5-15-38-43-36(30-60-38)46-44(56)47-43/h1-4,9,12-14,36,38,43H,5-8,10-11,15-30H2,(H,45,54)(H2,46,47,56)(H,48,49,50)/t36-,38-,43-/m0/s1. The number of ketones is 2. The Bertz CT molecular complexity index is 1940. The van der Waals surface area contributed by atoms with Crippen LogP contribution in [0.15, 0.2) is 48.5 Å². The van der Waals surface area contributed by atoms with Crippen LogP contribution in [-0.4, -0.2) is 126 Å². The van der Waals surface area contributed by atoms with Crippen molar-refractivity contribution in [1.82, 2.24) is 31.4 Å². The van der Waals surface area contributed by atoms with E-state index in [4.69, 9.17) is 14.2 Å². The van der Waals surface area contributed by atoms with Gasteiger partial charge in [-0.1, -0.05) is 70.5 Å². The van der Waals surface area contributed by atoms with E-state index in [1.165, 1.54) is 0 Å². The number of Topliss-reactive ketones (excluding diaryl/α,β-unsaturated/α-hetero) is 2. The van der Waals surface area contributed by atoms with Gasteiger partial charge in [0.15, 0.2) is 0 Å². The fraction of sp³-hybridized carbons (Fsp3) is 0.568. The predicted octanol–water partition coefficient (Wildman–Crippen LogP) is 6.13. The van der Waals surface area contributed by atoms with Crippen molar-refractivity contribution in [2.45, 2.75) is 94.5 Å². The molecule has 4 amide bonds. The molecule has 336 valence electrons. The molecule has 0 aliphatic carbocycles. The van der Waals surface area contributed by atoms with E-state index in [2.05, 4.69) is 31.4 Å². The fourth-order valence-corrected chi connectivity index (χ4v) is 11.1. The molecule has 18 heteroatoms. The number of hydrogen-bond acceptors (Lipinski definition) is 13. The molecule has 2 fully saturated rings. The number of amides is 4. The number of unbranched alkanes of at least 4 members (excludes halogenated alkanes) is 1. The van der Waals surface area contributed by atoms with Crippen LogP contribution in [-0.2, 0) is 39.9 Å². The number of benzene rings is 2. The van der Waals surface area contributed by atoms with Gasteiger partial charge in [-0.25, -0.2) is 4.79 Å². The van der Waals surface area contributed by atoms with Gasteiger partial charge in [0.25, 0.3) is 0 Å². The zero-order chi connectivity index (χ0) is 43.4. The molecule has 0 bridgehead atoms. The molecule has 0 unspecified atom stereocenters. The average molecular weight is 910 g/mol. The van der Waals surface area contributed by atoms with E-state index in [9.17, 15) is 24.0 Å². The van der Waals surface area contributed by atoms with E-state index in [-0.39, 0.29) is 54.3 Å². The lowest BCUT2D eigenvalue weighted by molar-refractivity contribution is -0.124. The maximum Gasteiger partial charge on any atom is 0.315 e. The summed E-state index contributed by atoms with van der Waals surface area (Å²) in [6.45, 7) is 3.65. The van der Waals surface area contributed by atoms with E-state index < -0.39 is 0 Å². The number of aromatic amines is 1. The number of rotatable bonds is 29. The minimum absolute atomic E-state index is 0.0279. The largest absolute Gasteiger partial charge is 0.379 e. The highest BCUT2D eigenvalue weighted by Gasteiger charge is 2.42. The highest BCUT2D eigenvalue weighted by Crippen LogP contribution is 2.40. The summed E-state index contributed by atoms with van der Waals surface area (Å²) in [6, 6.07) is 15.9. The van der Waals surface area contributed by atoms with Crippen molar-refractivity contribution in [1.29, 1.82) is 0 Å². The van der Waals surface area contributed by atoms with Crippen LogP contribution in [0, 0.1) is 0 Å². The Kier molecular flexibility index (Phi) is 19.9. The number of aromatic nitrogens is 3. The first-order chi connectivity index (χ1) is 30.4. The molecule has 3 aromatic rings. The quantitative estimate of drug-likeness (QED) is 0.0354. The molecule has 3 aliphatic heterocycles. The summed E-state index contributed by atoms with van der Waals surface area (Å²) in [7, 11) is 3.33. The van der Waals surface area contributed by atoms with Gasteiger partial charge in [-0.3, -0.25) is 19.2 Å². The Morgan fingerprint density at radius 1 is 0.726 bits per heavy atom. The van der Waals surface area contributed by atoms with E-state index in [1.54, 1.807) is 26.5 Å². The lowest BCUT2D eigenvalue weighted by Crippen LogP contribution is -2.36. The molecule has 3 atom stereocenters. The van der Waals surface area contributed by atoms with Crippen LogP contribution in [0.4, 0.5) is 10.5 Å². The highest BCUT2D eigenvalue weighted by atomic mass is 33.1. The summed E-state index contributed by atoms with van der Waals surface area (Å²) in [4.78, 5) is 63.9. The smallest absolute Gasteiger partial charge is 0.315 e. The van der Waals surface area contributed by atoms with Crippen LogP contribution >= 0.6 is 33.3 Å². The molecular weight excluding hydrogens is 851 g/mol. The summed E-state index contributed by atoms with van der Waals surface area (Å²) in [6.07, 6.45) is 6.26. The van der Waals surface area contributed by atoms with Gasteiger partial charge in [-0.15, -0.1) is 0 Å². The van der Waals surface area contributed by atoms with Gasteiger partial charge < -0.3 is 35.1 Å². The van der Waals surface area contributed by atoms with Crippen molar-refractivity contribution < 1.29 is 38.2 Å². The molecule has 0 saturated carbocycles. The second-order valence-electron chi connectivity index (χ2n) is 15.4. The number of H-pyrrole nitrogens is 1. The number of para-hydroxylation sites is 1. The normalized spacial score (nSPS) is 17.5. The third-order valence-corrected chi connectivity index (χ3v) is 14.8. The first kappa shape index (κ1) is 47.5. The molecular formula is C44H59N7O8S3. The third-order valence-electron chi connectivity index (χ3n) is 10.9. The molecule has 4 N–H and O–H groups in total. The van der Waals surface area contributed by atoms with Gasteiger partial charge in [0, 0.05) is 91.9 Å². The Labute approximate surface area is 375 Å². The first-order valence-corrected chi connectivity index (χ1v) is 25.3. The molecule has 62 heavy (non-hydrogen) atoms. The lowest BCUT2D eigenvalue weighted by atomic mass is 9.95. The maximum absolute atomic E-state index is 13.6. The summed E-state index contributed by atoms with van der Waals surface area (Å²) in [5, 5.41) is 20.9. The second kappa shape index (κ2) is 26.0. The Morgan fingerprint density at radius 2 is 1.39 bits per heavy atom. The van der Waals surface area contributed by atoms with Crippen LogP contribution in [0.5, 0.6) is 0 Å². The van der Waals surface area contributed by atoms with Gasteiger partial charge in [0.2, 0.25) is 11.8 Å². The van der Waals surface area contributed by atoms with E-state index in [0.29, 0.717) is 102 Å². The van der Waals surface area contributed by atoms with Gasteiger partial charge >= 0.3 is 6.03 Å². The first-order valence-electron chi connectivity index (χ1n) is 21.7. The van der Waals surface area contributed by atoms with Crippen molar-refractivity contribution in [3.63, 3.8) is 0 Å². The van der Waals surface area contributed by atoms with Crippen molar-refractivity contribution in [2.24, 2.45) is 0 Å². The summed E-state index contributed by atoms with van der Waals surface area (Å²) < 4.78 is 16.8. The number of carbonyl (C=O) groups excluding carboxylic acids is 5. The number of fused-ring (bicyclic) bond motifs is 6. The van der Waals surface area contributed by atoms with Crippen LogP contribution in [0.1, 0.15) is 76.2 Å². The molecule has 15 nitrogen and oxygen atoms in total. The van der Waals surface area contributed by atoms with Crippen molar-refractivity contribution in [2.75, 3.05) is 68.3 Å². The topological polar surface area (TPSA) is 194 Å². The average Bonchev–Trinajstić information content (AvgIpc) is 4.01. The lowest BCUT2D eigenvalue weighted by Gasteiger charge is -2.28. The number of urea groups is 1. The predicted molar refractivity (Wildman–Crippen MR) is 245 cm³/mol. The Balaban J connectivity index is 0.691. The SMILES string of the molecule is O=C(CCCOCCOCCOCCCC(=O)CCC(=O)N1Cc2ccccc2-c2n[nH]nc2-c2ccccc21)CCSSCCNC(=O)CCCC[C@@H]1SC[C@@H]2NC(=O)N[C@@H]21. The van der Waals surface area contributed by atoms with E-state index in [1.807, 2.05) is 60.3 Å². The van der Waals surface area contributed by atoms with Gasteiger partial charge in [0.05, 0.1) is 50.7 Å². The number of nitrogens with zero attached hydrogens (tertiary/aromatic N) is 3. The number of hydrogen-bond donors (Lipinski definition) is 4. The summed E-state index contributed by atoms with van der Waals surface area (Å²) in [5.74, 6) is 2.72. The van der Waals surface area contributed by atoms with Crippen LogP contribution in [0.2, 0.25) is 0 Å². The number of nitrogens with one attached hydrogen (secondary N) is 4. The molecule has 0 spiro atoms. The monoisotopic (exact) mass is 909 g/mol. The Hall–Kier alpha value is -3.94. The van der Waals surface area contributed by atoms with Gasteiger partial charge in [-0.2, -0.15) is 27.2 Å². The van der Waals surface area contributed by atoms with Crippen LogP contribution in [0.25, 0.3) is 22.5 Å². The van der Waals surface area contributed by atoms with Gasteiger partial charge in [0.1, 0.15) is 23.0 Å². The fourth-order valence-electron chi connectivity index (χ4n) is 7.67. The number of anilines is 1. The third kappa shape index (κ3) is 14.8. The van der Waals surface area contributed by atoms with Gasteiger partial charge in [-0.05, 0) is 37.3 Å². The second-order valence-corrected chi connectivity index (χ2v) is 19.4. The summed E-state index contributed by atoms with van der Waals surface area (Å²) >= 11 is 1.90. The molecule has 2 saturated heterocycles. The van der Waals surface area contributed by atoms with Crippen LogP contribution < -0.4 is 20.9 Å². The molecule has 2 aromatic carbocycles. The molecule has 4 heterocycles. The molecule has 3 aliphatic rings. The van der Waals surface area contributed by atoms with Crippen molar-refractivity contribution in [3.05, 3.63) is 54.1 Å². The summed E-state index contributed by atoms with van der Waals surface area (Å²) in [5.41, 5.74) is 4.88. The molecule has 1 aromatic heterocycles. The zero-order valence-corrected chi connectivity index (χ0v) is 37.7. The van der Waals surface area contributed by atoms with E-state index >= 15 is 0 Å². The highest BCUT2D eigenvalue weighted by molar-refractivity contribution is 8.76. The number of carbonyl (C=O) groups is 5. The minimum Gasteiger partial charge on any atom is -0.379 e. The minimum atomic E-state index is -0.119. The molecule has 0 radical (unpaired) electrons. The van der Waals surface area contributed by atoms with E-state index in [0.717, 1.165) is 64.6 Å². The van der Waals surface area contributed by atoms with Crippen LogP contribution in [0.3, 0.4) is 0 Å². The Morgan fingerprint density at radius 3 is 2.16 bits per heavy atom.